The molecule has 0 aliphatic carbocycles. The number of nitrogens with zero attached hydrogens (tertiary/aromatic N) is 3. The Kier molecular flexibility index (Phi) is 2.53. The van der Waals surface area contributed by atoms with Gasteiger partial charge in [-0.25, -0.2) is 0 Å². The van der Waals surface area contributed by atoms with Gasteiger partial charge in [-0.3, -0.25) is 4.98 Å². The zero-order valence-corrected chi connectivity index (χ0v) is 10.6. The Bertz CT molecular complexity index is 491. The van der Waals surface area contributed by atoms with Crippen LogP contribution in [0, 0.1) is 11.3 Å². The van der Waals surface area contributed by atoms with Crippen LogP contribution < -0.4 is 5.73 Å². The number of nitrogens with two attached hydrogens (primary N) is 1. The lowest BCUT2D eigenvalue weighted by molar-refractivity contribution is 0.135. The van der Waals surface area contributed by atoms with Crippen LogP contribution in [-0.2, 0) is 5.41 Å². The molecule has 18 heavy (non-hydrogen) atoms. The van der Waals surface area contributed by atoms with E-state index in [9.17, 15) is 5.26 Å². The number of anilines is 1. The van der Waals surface area contributed by atoms with Crippen LogP contribution in [0.2, 0.25) is 0 Å². The third-order valence-electron chi connectivity index (χ3n) is 4.68. The van der Waals surface area contributed by atoms with Crippen molar-refractivity contribution in [2.45, 2.75) is 43.2 Å². The topological polar surface area (TPSA) is 65.9 Å². The summed E-state index contributed by atoms with van der Waals surface area (Å²) in [4.78, 5) is 6.59. The lowest BCUT2D eigenvalue weighted by Gasteiger charge is -2.41. The Balaban J connectivity index is 2.00. The van der Waals surface area contributed by atoms with Gasteiger partial charge in [0.25, 0.3) is 0 Å². The standard InChI is InChI=1S/C14H18N4/c1-18-12-2-3-13(18)6-14(5-12,9-15)10-4-11(16)8-17-7-10/h4,7-8,12-13H,2-3,5-6,16H2,1H3. The van der Waals surface area contributed by atoms with Crippen LogP contribution >= 0.6 is 0 Å². The van der Waals surface area contributed by atoms with Crippen LogP contribution in [0.15, 0.2) is 18.5 Å². The van der Waals surface area contributed by atoms with E-state index < -0.39 is 0 Å². The third-order valence-corrected chi connectivity index (χ3v) is 4.68. The van der Waals surface area contributed by atoms with Crippen molar-refractivity contribution < 1.29 is 0 Å². The van der Waals surface area contributed by atoms with Gasteiger partial charge in [-0.2, -0.15) is 5.26 Å². The highest BCUT2D eigenvalue weighted by Gasteiger charge is 2.48. The number of aromatic nitrogens is 1. The van der Waals surface area contributed by atoms with Gasteiger partial charge in [-0.15, -0.1) is 0 Å². The fourth-order valence-corrected chi connectivity index (χ4v) is 3.58. The van der Waals surface area contributed by atoms with E-state index in [1.165, 1.54) is 12.8 Å². The number of rotatable bonds is 1. The van der Waals surface area contributed by atoms with Gasteiger partial charge < -0.3 is 10.6 Å². The van der Waals surface area contributed by atoms with Gasteiger partial charge >= 0.3 is 0 Å². The van der Waals surface area contributed by atoms with Gasteiger partial charge in [0.05, 0.1) is 17.2 Å². The summed E-state index contributed by atoms with van der Waals surface area (Å²) in [6, 6.07) is 5.54. The molecule has 3 heterocycles. The molecular weight excluding hydrogens is 224 g/mol. The second-order valence-corrected chi connectivity index (χ2v) is 5.66. The highest BCUT2D eigenvalue weighted by molar-refractivity contribution is 5.43. The van der Waals surface area contributed by atoms with Crippen molar-refractivity contribution in [2.24, 2.45) is 0 Å². The van der Waals surface area contributed by atoms with Crippen molar-refractivity contribution in [3.63, 3.8) is 0 Å². The molecule has 0 saturated carbocycles. The fraction of sp³-hybridized carbons (Fsp3) is 0.571. The molecule has 2 saturated heterocycles. The summed E-state index contributed by atoms with van der Waals surface area (Å²) in [6.07, 6.45) is 7.67. The van der Waals surface area contributed by atoms with E-state index >= 15 is 0 Å². The lowest BCUT2D eigenvalue weighted by atomic mass is 9.71. The zero-order chi connectivity index (χ0) is 12.8. The van der Waals surface area contributed by atoms with Crippen molar-refractivity contribution in [2.75, 3.05) is 12.8 Å². The molecule has 2 unspecified atom stereocenters. The van der Waals surface area contributed by atoms with Gasteiger partial charge in [0.2, 0.25) is 0 Å². The summed E-state index contributed by atoms with van der Waals surface area (Å²) in [6.45, 7) is 0. The molecule has 4 heteroatoms. The molecule has 2 aliphatic heterocycles. The predicted octanol–water partition coefficient (Wildman–Crippen LogP) is 1.68. The fourth-order valence-electron chi connectivity index (χ4n) is 3.58. The van der Waals surface area contributed by atoms with Gasteiger partial charge in [-0.1, -0.05) is 0 Å². The SMILES string of the molecule is CN1C2CCC1CC(C#N)(c1cncc(N)c1)C2. The van der Waals surface area contributed by atoms with E-state index in [0.717, 1.165) is 18.4 Å². The lowest BCUT2D eigenvalue weighted by Crippen LogP contribution is -2.47. The zero-order valence-electron chi connectivity index (χ0n) is 10.6. The Morgan fingerprint density at radius 3 is 2.61 bits per heavy atom. The summed E-state index contributed by atoms with van der Waals surface area (Å²) < 4.78 is 0. The highest BCUT2D eigenvalue weighted by Crippen LogP contribution is 2.46. The Morgan fingerprint density at radius 1 is 1.39 bits per heavy atom. The van der Waals surface area contributed by atoms with Crippen molar-refractivity contribution in [1.82, 2.24) is 9.88 Å². The molecule has 0 radical (unpaired) electrons. The maximum absolute atomic E-state index is 9.70. The van der Waals surface area contributed by atoms with E-state index in [2.05, 4.69) is 23.0 Å². The van der Waals surface area contributed by atoms with Crippen molar-refractivity contribution in [3.05, 3.63) is 24.0 Å². The molecule has 2 fully saturated rings. The minimum Gasteiger partial charge on any atom is -0.397 e. The first-order chi connectivity index (χ1) is 8.64. The maximum Gasteiger partial charge on any atom is 0.0867 e. The average molecular weight is 242 g/mol. The minimum absolute atomic E-state index is 0.388. The monoisotopic (exact) mass is 242 g/mol. The smallest absolute Gasteiger partial charge is 0.0867 e. The average Bonchev–Trinajstić information content (AvgIpc) is 2.62. The Labute approximate surface area is 107 Å². The van der Waals surface area contributed by atoms with Gasteiger partial charge in [-0.05, 0) is 44.4 Å². The second kappa shape index (κ2) is 3.96. The minimum atomic E-state index is -0.388. The molecule has 2 aliphatic rings. The first kappa shape index (κ1) is 11.5. The highest BCUT2D eigenvalue weighted by atomic mass is 15.2. The Morgan fingerprint density at radius 2 is 2.06 bits per heavy atom. The van der Waals surface area contributed by atoms with Crippen LogP contribution in [0.25, 0.3) is 0 Å². The van der Waals surface area contributed by atoms with E-state index in [-0.39, 0.29) is 5.41 Å². The van der Waals surface area contributed by atoms with E-state index in [1.54, 1.807) is 6.20 Å². The molecule has 0 aromatic carbocycles. The first-order valence-corrected chi connectivity index (χ1v) is 6.49. The van der Waals surface area contributed by atoms with Crippen LogP contribution in [0.4, 0.5) is 5.69 Å². The van der Waals surface area contributed by atoms with E-state index in [4.69, 9.17) is 5.73 Å². The molecule has 2 N–H and O–H groups in total. The molecular formula is C14H18N4. The molecule has 2 atom stereocenters. The number of hydrogen-bond donors (Lipinski definition) is 1. The molecule has 0 spiro atoms. The molecule has 1 aromatic rings. The summed E-state index contributed by atoms with van der Waals surface area (Å²) in [5, 5.41) is 9.70. The van der Waals surface area contributed by atoms with Crippen molar-refractivity contribution >= 4 is 5.69 Å². The van der Waals surface area contributed by atoms with E-state index in [1.807, 2.05) is 12.3 Å². The van der Waals surface area contributed by atoms with Crippen LogP contribution in [-0.4, -0.2) is 29.0 Å². The van der Waals surface area contributed by atoms with Gasteiger partial charge in [0.1, 0.15) is 0 Å². The Hall–Kier alpha value is -1.60. The summed E-state index contributed by atoms with van der Waals surface area (Å²) in [5.41, 5.74) is 7.06. The van der Waals surface area contributed by atoms with Crippen molar-refractivity contribution in [3.8, 4) is 6.07 Å². The molecule has 2 bridgehead atoms. The maximum atomic E-state index is 9.70. The summed E-state index contributed by atoms with van der Waals surface area (Å²) in [7, 11) is 2.18. The van der Waals surface area contributed by atoms with Gasteiger partial charge in [0.15, 0.2) is 0 Å². The number of nitriles is 1. The van der Waals surface area contributed by atoms with E-state index in [0.29, 0.717) is 17.8 Å². The van der Waals surface area contributed by atoms with Crippen LogP contribution in [0.5, 0.6) is 0 Å². The third kappa shape index (κ3) is 1.58. The largest absolute Gasteiger partial charge is 0.397 e. The second-order valence-electron chi connectivity index (χ2n) is 5.66. The number of piperidine rings is 1. The molecule has 0 amide bonds. The van der Waals surface area contributed by atoms with Crippen LogP contribution in [0.1, 0.15) is 31.2 Å². The molecule has 94 valence electrons. The van der Waals surface area contributed by atoms with Crippen LogP contribution in [0.3, 0.4) is 0 Å². The van der Waals surface area contributed by atoms with Crippen molar-refractivity contribution in [1.29, 1.82) is 5.26 Å². The number of fused-ring (bicyclic) bond motifs is 2. The molecule has 4 nitrogen and oxygen atoms in total. The number of nitrogen functional groups attached to an aromatic ring is 1. The summed E-state index contributed by atoms with van der Waals surface area (Å²) in [5.74, 6) is 0. The normalized spacial score (nSPS) is 35.3. The first-order valence-electron chi connectivity index (χ1n) is 6.49. The number of hydrogen-bond acceptors (Lipinski definition) is 4. The molecule has 1 aromatic heterocycles. The molecule has 3 rings (SSSR count). The summed E-state index contributed by atoms with van der Waals surface area (Å²) >= 11 is 0. The van der Waals surface area contributed by atoms with Gasteiger partial charge in [0, 0.05) is 24.5 Å². The predicted molar refractivity (Wildman–Crippen MR) is 69.7 cm³/mol. The number of pyridine rings is 1. The quantitative estimate of drug-likeness (QED) is 0.813.